The van der Waals surface area contributed by atoms with E-state index in [1.54, 1.807) is 25.1 Å². The second kappa shape index (κ2) is 7.99. The maximum absolute atomic E-state index is 13.2. The summed E-state index contributed by atoms with van der Waals surface area (Å²) in [6.45, 7) is 1.44. The molecule has 0 aromatic heterocycles. The molecule has 3 amide bonds. The normalized spacial score (nSPS) is 10.2. The standard InChI is InChI=1S/C16H14Cl2FN3O2/c1-9-2-4-11(19)7-13(9)22-16(24)20-8-15(23)21-14-6-10(17)3-5-12(14)18/h2-7H,8H2,1H3,(H,21,23)(H2,20,22,24). The van der Waals surface area contributed by atoms with Gasteiger partial charge < -0.3 is 16.0 Å². The van der Waals surface area contributed by atoms with E-state index in [0.717, 1.165) is 0 Å². The van der Waals surface area contributed by atoms with Gasteiger partial charge in [0, 0.05) is 10.7 Å². The predicted molar refractivity (Wildman–Crippen MR) is 93.3 cm³/mol. The number of rotatable bonds is 4. The molecule has 2 rings (SSSR count). The first kappa shape index (κ1) is 18.0. The average Bonchev–Trinajstić information content (AvgIpc) is 2.52. The molecule has 0 radical (unpaired) electrons. The first-order chi connectivity index (χ1) is 11.3. The maximum Gasteiger partial charge on any atom is 0.319 e. The fourth-order valence-electron chi connectivity index (χ4n) is 1.84. The lowest BCUT2D eigenvalue weighted by Crippen LogP contribution is -2.36. The van der Waals surface area contributed by atoms with Crippen LogP contribution in [0.1, 0.15) is 5.56 Å². The summed E-state index contributed by atoms with van der Waals surface area (Å²) in [6, 6.07) is 8.04. The lowest BCUT2D eigenvalue weighted by atomic mass is 10.2. The van der Waals surface area contributed by atoms with Gasteiger partial charge in [-0.1, -0.05) is 29.3 Å². The highest BCUT2D eigenvalue weighted by Gasteiger charge is 2.10. The minimum absolute atomic E-state index is 0.289. The summed E-state index contributed by atoms with van der Waals surface area (Å²) in [7, 11) is 0. The Morgan fingerprint density at radius 3 is 2.54 bits per heavy atom. The van der Waals surface area contributed by atoms with Gasteiger partial charge in [0.15, 0.2) is 0 Å². The van der Waals surface area contributed by atoms with E-state index in [1.807, 2.05) is 0 Å². The molecule has 0 fully saturated rings. The van der Waals surface area contributed by atoms with Crippen LogP contribution in [0.15, 0.2) is 36.4 Å². The third kappa shape index (κ3) is 5.11. The Balaban J connectivity index is 1.88. The number of hydrogen-bond donors (Lipinski definition) is 3. The maximum atomic E-state index is 13.2. The van der Waals surface area contributed by atoms with Crippen LogP contribution in [0.4, 0.5) is 20.6 Å². The van der Waals surface area contributed by atoms with Gasteiger partial charge in [0.25, 0.3) is 0 Å². The topological polar surface area (TPSA) is 70.2 Å². The second-order valence-electron chi connectivity index (χ2n) is 4.94. The molecule has 24 heavy (non-hydrogen) atoms. The molecule has 0 aliphatic carbocycles. The molecule has 0 spiro atoms. The number of carbonyl (C=O) groups is 2. The molecule has 0 bridgehead atoms. The lowest BCUT2D eigenvalue weighted by Gasteiger charge is -2.11. The second-order valence-corrected chi connectivity index (χ2v) is 5.78. The van der Waals surface area contributed by atoms with E-state index in [0.29, 0.717) is 27.0 Å². The number of aryl methyl sites for hydroxylation is 1. The molecule has 0 unspecified atom stereocenters. The highest BCUT2D eigenvalue weighted by atomic mass is 35.5. The van der Waals surface area contributed by atoms with Crippen LogP contribution in [-0.2, 0) is 4.79 Å². The molecular weight excluding hydrogens is 356 g/mol. The van der Waals surface area contributed by atoms with Crippen molar-refractivity contribution in [2.24, 2.45) is 0 Å². The molecule has 0 aliphatic heterocycles. The molecule has 0 saturated heterocycles. The van der Waals surface area contributed by atoms with Gasteiger partial charge >= 0.3 is 6.03 Å². The van der Waals surface area contributed by atoms with Crippen LogP contribution in [-0.4, -0.2) is 18.5 Å². The van der Waals surface area contributed by atoms with E-state index in [-0.39, 0.29) is 6.54 Å². The zero-order valence-corrected chi connectivity index (χ0v) is 14.1. The third-order valence-corrected chi connectivity index (χ3v) is 3.62. The smallest absolute Gasteiger partial charge is 0.319 e. The van der Waals surface area contributed by atoms with Gasteiger partial charge in [0.05, 0.1) is 17.3 Å². The van der Waals surface area contributed by atoms with Crippen LogP contribution in [0, 0.1) is 12.7 Å². The van der Waals surface area contributed by atoms with Gasteiger partial charge in [-0.15, -0.1) is 0 Å². The van der Waals surface area contributed by atoms with E-state index >= 15 is 0 Å². The average molecular weight is 370 g/mol. The van der Waals surface area contributed by atoms with Crippen molar-refractivity contribution in [2.45, 2.75) is 6.92 Å². The van der Waals surface area contributed by atoms with Crippen LogP contribution in [0.2, 0.25) is 10.0 Å². The van der Waals surface area contributed by atoms with E-state index in [9.17, 15) is 14.0 Å². The van der Waals surface area contributed by atoms with Gasteiger partial charge in [-0.2, -0.15) is 0 Å². The summed E-state index contributed by atoms with van der Waals surface area (Å²) in [4.78, 5) is 23.6. The minimum Gasteiger partial charge on any atom is -0.329 e. The van der Waals surface area contributed by atoms with Gasteiger partial charge in [-0.3, -0.25) is 4.79 Å². The van der Waals surface area contributed by atoms with Crippen LogP contribution < -0.4 is 16.0 Å². The van der Waals surface area contributed by atoms with Crippen molar-refractivity contribution in [1.29, 1.82) is 0 Å². The van der Waals surface area contributed by atoms with Gasteiger partial charge in [0.1, 0.15) is 5.82 Å². The SMILES string of the molecule is Cc1ccc(F)cc1NC(=O)NCC(=O)Nc1cc(Cl)ccc1Cl. The highest BCUT2D eigenvalue weighted by molar-refractivity contribution is 6.35. The molecule has 0 atom stereocenters. The molecule has 2 aromatic carbocycles. The largest absolute Gasteiger partial charge is 0.329 e. The van der Waals surface area contributed by atoms with Crippen LogP contribution >= 0.6 is 23.2 Å². The zero-order chi connectivity index (χ0) is 17.7. The van der Waals surface area contributed by atoms with Gasteiger partial charge in [-0.05, 0) is 42.8 Å². The zero-order valence-electron chi connectivity index (χ0n) is 12.6. The molecule has 0 saturated carbocycles. The quantitative estimate of drug-likeness (QED) is 0.755. The number of carbonyl (C=O) groups excluding carboxylic acids is 2. The molecule has 0 aliphatic rings. The molecule has 8 heteroatoms. The fraction of sp³-hybridized carbons (Fsp3) is 0.125. The van der Waals surface area contributed by atoms with Crippen molar-refractivity contribution < 1.29 is 14.0 Å². The molecule has 3 N–H and O–H groups in total. The van der Waals surface area contributed by atoms with Crippen molar-refractivity contribution in [1.82, 2.24) is 5.32 Å². The fourth-order valence-corrected chi connectivity index (χ4v) is 2.18. The van der Waals surface area contributed by atoms with E-state index in [4.69, 9.17) is 23.2 Å². The predicted octanol–water partition coefficient (Wildman–Crippen LogP) is 4.20. The monoisotopic (exact) mass is 369 g/mol. The number of anilines is 2. The Hall–Kier alpha value is -2.31. The van der Waals surface area contributed by atoms with Crippen LogP contribution in [0.3, 0.4) is 0 Å². The van der Waals surface area contributed by atoms with Crippen LogP contribution in [0.25, 0.3) is 0 Å². The van der Waals surface area contributed by atoms with Crippen molar-refractivity contribution in [3.63, 3.8) is 0 Å². The summed E-state index contributed by atoms with van der Waals surface area (Å²) in [6.07, 6.45) is 0. The Labute approximate surface area is 148 Å². The lowest BCUT2D eigenvalue weighted by molar-refractivity contribution is -0.115. The minimum atomic E-state index is -0.629. The summed E-state index contributed by atoms with van der Waals surface area (Å²) in [5.41, 5.74) is 1.37. The summed E-state index contributed by atoms with van der Waals surface area (Å²) < 4.78 is 13.2. The molecular formula is C16H14Cl2FN3O2. The summed E-state index contributed by atoms with van der Waals surface area (Å²) in [5.74, 6) is -0.950. The number of halogens is 3. The molecule has 5 nitrogen and oxygen atoms in total. The number of hydrogen-bond acceptors (Lipinski definition) is 2. The number of amides is 3. The van der Waals surface area contributed by atoms with Gasteiger partial charge in [0.2, 0.25) is 5.91 Å². The number of nitrogens with one attached hydrogen (secondary N) is 3. The molecule has 0 heterocycles. The van der Waals surface area contributed by atoms with Crippen molar-refractivity contribution in [3.05, 3.63) is 57.8 Å². The number of benzene rings is 2. The van der Waals surface area contributed by atoms with Gasteiger partial charge in [-0.25, -0.2) is 9.18 Å². The van der Waals surface area contributed by atoms with Crippen molar-refractivity contribution >= 4 is 46.5 Å². The summed E-state index contributed by atoms with van der Waals surface area (Å²) >= 11 is 11.8. The Bertz CT molecular complexity index is 718. The molecule has 126 valence electrons. The van der Waals surface area contributed by atoms with E-state index in [2.05, 4.69) is 16.0 Å². The number of urea groups is 1. The Morgan fingerprint density at radius 2 is 1.79 bits per heavy atom. The van der Waals surface area contributed by atoms with E-state index in [1.165, 1.54) is 18.2 Å². The molecule has 2 aromatic rings. The highest BCUT2D eigenvalue weighted by Crippen LogP contribution is 2.25. The Kier molecular flexibility index (Phi) is 6.00. The van der Waals surface area contributed by atoms with E-state index < -0.39 is 17.8 Å². The van der Waals surface area contributed by atoms with Crippen molar-refractivity contribution in [2.75, 3.05) is 17.2 Å². The third-order valence-electron chi connectivity index (χ3n) is 3.06. The first-order valence-corrected chi connectivity index (χ1v) is 7.66. The summed E-state index contributed by atoms with van der Waals surface area (Å²) in [5, 5.41) is 8.12. The first-order valence-electron chi connectivity index (χ1n) is 6.91. The van der Waals surface area contributed by atoms with Crippen molar-refractivity contribution in [3.8, 4) is 0 Å². The van der Waals surface area contributed by atoms with Crippen LogP contribution in [0.5, 0.6) is 0 Å². The Morgan fingerprint density at radius 1 is 1.04 bits per heavy atom.